The molecule has 2 atom stereocenters. The number of methoxy groups -OCH3 is 1. The highest BCUT2D eigenvalue weighted by Gasteiger charge is 2.21. The first kappa shape index (κ1) is 16.2. The van der Waals surface area contributed by atoms with E-state index in [9.17, 15) is 4.79 Å². The first-order chi connectivity index (χ1) is 9.02. The SMILES string of the molecule is COCC(C)NC(=O)NCC1CCCN(C(C)C)C1. The van der Waals surface area contributed by atoms with Gasteiger partial charge in [-0.1, -0.05) is 0 Å². The van der Waals surface area contributed by atoms with Crippen molar-refractivity contribution in [1.82, 2.24) is 15.5 Å². The van der Waals surface area contributed by atoms with Gasteiger partial charge in [0.2, 0.25) is 0 Å². The molecule has 1 fully saturated rings. The lowest BCUT2D eigenvalue weighted by Crippen LogP contribution is -2.47. The summed E-state index contributed by atoms with van der Waals surface area (Å²) in [4.78, 5) is 14.2. The monoisotopic (exact) mass is 271 g/mol. The Kier molecular flexibility index (Phi) is 7.16. The summed E-state index contributed by atoms with van der Waals surface area (Å²) in [6.07, 6.45) is 2.43. The summed E-state index contributed by atoms with van der Waals surface area (Å²) in [6, 6.07) is 0.549. The van der Waals surface area contributed by atoms with E-state index in [1.807, 2.05) is 6.92 Å². The second-order valence-corrected chi connectivity index (χ2v) is 5.81. The Hall–Kier alpha value is -0.810. The molecule has 1 rings (SSSR count). The first-order valence-corrected chi connectivity index (χ1v) is 7.30. The third-order valence-electron chi connectivity index (χ3n) is 3.63. The summed E-state index contributed by atoms with van der Waals surface area (Å²) in [5.41, 5.74) is 0. The zero-order chi connectivity index (χ0) is 14.3. The number of carbonyl (C=O) groups is 1. The van der Waals surface area contributed by atoms with Gasteiger partial charge < -0.3 is 20.3 Å². The van der Waals surface area contributed by atoms with Crippen LogP contribution in [-0.2, 0) is 4.74 Å². The molecule has 1 heterocycles. The molecule has 5 nitrogen and oxygen atoms in total. The second-order valence-electron chi connectivity index (χ2n) is 5.81. The summed E-state index contributed by atoms with van der Waals surface area (Å²) in [5.74, 6) is 0.569. The van der Waals surface area contributed by atoms with Crippen LogP contribution in [0.3, 0.4) is 0 Å². The van der Waals surface area contributed by atoms with Crippen LogP contribution in [0, 0.1) is 5.92 Å². The summed E-state index contributed by atoms with van der Waals surface area (Å²) in [7, 11) is 1.64. The van der Waals surface area contributed by atoms with Crippen molar-refractivity contribution in [1.29, 1.82) is 0 Å². The van der Waals surface area contributed by atoms with Gasteiger partial charge in [-0.05, 0) is 46.1 Å². The van der Waals surface area contributed by atoms with Crippen LogP contribution in [0.25, 0.3) is 0 Å². The Balaban J connectivity index is 2.22. The van der Waals surface area contributed by atoms with Gasteiger partial charge in [0, 0.05) is 26.2 Å². The van der Waals surface area contributed by atoms with Crippen LogP contribution >= 0.6 is 0 Å². The molecule has 0 saturated carbocycles. The molecule has 0 spiro atoms. The number of hydrogen-bond donors (Lipinski definition) is 2. The van der Waals surface area contributed by atoms with Gasteiger partial charge in [0.25, 0.3) is 0 Å². The van der Waals surface area contributed by atoms with E-state index in [1.165, 1.54) is 19.4 Å². The molecule has 1 aliphatic heterocycles. The minimum atomic E-state index is -0.0915. The predicted octanol–water partition coefficient (Wildman–Crippen LogP) is 1.44. The van der Waals surface area contributed by atoms with Crippen LogP contribution in [-0.4, -0.2) is 56.4 Å². The predicted molar refractivity (Wildman–Crippen MR) is 77.3 cm³/mol. The minimum absolute atomic E-state index is 0.0449. The van der Waals surface area contributed by atoms with Crippen LogP contribution in [0.2, 0.25) is 0 Å². The number of rotatable bonds is 6. The molecule has 19 heavy (non-hydrogen) atoms. The summed E-state index contributed by atoms with van der Waals surface area (Å²) in [6.45, 7) is 9.97. The Morgan fingerprint density at radius 2 is 2.16 bits per heavy atom. The van der Waals surface area contributed by atoms with Gasteiger partial charge in [-0.3, -0.25) is 0 Å². The molecule has 2 N–H and O–H groups in total. The van der Waals surface area contributed by atoms with E-state index in [4.69, 9.17) is 4.74 Å². The standard InChI is InChI=1S/C14H29N3O2/c1-11(2)17-7-5-6-13(9-17)8-15-14(18)16-12(3)10-19-4/h11-13H,5-10H2,1-4H3,(H2,15,16,18). The largest absolute Gasteiger partial charge is 0.383 e. The van der Waals surface area contributed by atoms with Gasteiger partial charge in [-0.15, -0.1) is 0 Å². The average Bonchev–Trinajstić information content (AvgIpc) is 2.37. The van der Waals surface area contributed by atoms with E-state index in [-0.39, 0.29) is 12.1 Å². The molecule has 0 bridgehead atoms. The normalized spacial score (nSPS) is 22.3. The highest BCUT2D eigenvalue weighted by Crippen LogP contribution is 2.17. The molecule has 112 valence electrons. The fourth-order valence-corrected chi connectivity index (χ4v) is 2.54. The quantitative estimate of drug-likeness (QED) is 0.768. The zero-order valence-corrected chi connectivity index (χ0v) is 12.7. The lowest BCUT2D eigenvalue weighted by Gasteiger charge is -2.35. The van der Waals surface area contributed by atoms with Crippen LogP contribution in [0.15, 0.2) is 0 Å². The molecule has 0 aromatic rings. The average molecular weight is 271 g/mol. The van der Waals surface area contributed by atoms with Gasteiger partial charge in [-0.2, -0.15) is 0 Å². The smallest absolute Gasteiger partial charge is 0.315 e. The topological polar surface area (TPSA) is 53.6 Å². The van der Waals surface area contributed by atoms with E-state index in [0.29, 0.717) is 18.6 Å². The molecule has 1 aliphatic rings. The number of urea groups is 1. The molecule has 2 amide bonds. The van der Waals surface area contributed by atoms with Gasteiger partial charge in [-0.25, -0.2) is 4.79 Å². The minimum Gasteiger partial charge on any atom is -0.383 e. The Bertz CT molecular complexity index is 271. The Morgan fingerprint density at radius 3 is 2.79 bits per heavy atom. The molecule has 0 radical (unpaired) electrons. The molecule has 1 saturated heterocycles. The molecule has 5 heteroatoms. The van der Waals surface area contributed by atoms with Gasteiger partial charge >= 0.3 is 6.03 Å². The summed E-state index contributed by atoms with van der Waals surface area (Å²) < 4.78 is 4.99. The lowest BCUT2D eigenvalue weighted by atomic mass is 9.97. The second kappa shape index (κ2) is 8.38. The van der Waals surface area contributed by atoms with Crippen molar-refractivity contribution < 1.29 is 9.53 Å². The van der Waals surface area contributed by atoms with E-state index in [2.05, 4.69) is 29.4 Å². The van der Waals surface area contributed by atoms with Crippen LogP contribution in [0.5, 0.6) is 0 Å². The number of piperidine rings is 1. The zero-order valence-electron chi connectivity index (χ0n) is 12.7. The maximum Gasteiger partial charge on any atom is 0.315 e. The van der Waals surface area contributed by atoms with Crippen molar-refractivity contribution >= 4 is 6.03 Å². The maximum atomic E-state index is 11.7. The van der Waals surface area contributed by atoms with Crippen molar-refractivity contribution in [3.8, 4) is 0 Å². The van der Waals surface area contributed by atoms with Crippen molar-refractivity contribution in [2.24, 2.45) is 5.92 Å². The summed E-state index contributed by atoms with van der Waals surface area (Å²) >= 11 is 0. The van der Waals surface area contributed by atoms with Gasteiger partial charge in [0.15, 0.2) is 0 Å². The highest BCUT2D eigenvalue weighted by atomic mass is 16.5. The maximum absolute atomic E-state index is 11.7. The third kappa shape index (κ3) is 6.25. The number of ether oxygens (including phenoxy) is 1. The number of carbonyl (C=O) groups excluding carboxylic acids is 1. The molecular formula is C14H29N3O2. The van der Waals surface area contributed by atoms with Crippen LogP contribution in [0.4, 0.5) is 4.79 Å². The number of hydrogen-bond acceptors (Lipinski definition) is 3. The number of likely N-dealkylation sites (tertiary alicyclic amines) is 1. The highest BCUT2D eigenvalue weighted by molar-refractivity contribution is 5.74. The van der Waals surface area contributed by atoms with Crippen molar-refractivity contribution in [3.63, 3.8) is 0 Å². The lowest BCUT2D eigenvalue weighted by molar-refractivity contribution is 0.138. The van der Waals surface area contributed by atoms with Crippen molar-refractivity contribution in [2.75, 3.05) is 33.4 Å². The van der Waals surface area contributed by atoms with Gasteiger partial charge in [0.1, 0.15) is 0 Å². The van der Waals surface area contributed by atoms with Crippen molar-refractivity contribution in [3.05, 3.63) is 0 Å². The molecular weight excluding hydrogens is 242 g/mol. The van der Waals surface area contributed by atoms with E-state index >= 15 is 0 Å². The fraction of sp³-hybridized carbons (Fsp3) is 0.929. The van der Waals surface area contributed by atoms with Crippen LogP contribution in [0.1, 0.15) is 33.6 Å². The summed E-state index contributed by atoms with van der Waals surface area (Å²) in [5, 5.41) is 5.83. The number of nitrogens with zero attached hydrogens (tertiary/aromatic N) is 1. The molecule has 0 aromatic carbocycles. The number of nitrogens with one attached hydrogen (secondary N) is 2. The fourth-order valence-electron chi connectivity index (χ4n) is 2.54. The first-order valence-electron chi connectivity index (χ1n) is 7.30. The Labute approximate surface area is 117 Å². The molecule has 2 unspecified atom stereocenters. The molecule has 0 aliphatic carbocycles. The van der Waals surface area contributed by atoms with E-state index in [0.717, 1.165) is 13.1 Å². The third-order valence-corrected chi connectivity index (χ3v) is 3.63. The number of amides is 2. The van der Waals surface area contributed by atoms with Crippen molar-refractivity contribution in [2.45, 2.75) is 45.7 Å². The molecule has 0 aromatic heterocycles. The Morgan fingerprint density at radius 1 is 1.42 bits per heavy atom. The van der Waals surface area contributed by atoms with Crippen LogP contribution < -0.4 is 10.6 Å². The van der Waals surface area contributed by atoms with E-state index < -0.39 is 0 Å². The van der Waals surface area contributed by atoms with E-state index in [1.54, 1.807) is 7.11 Å². The van der Waals surface area contributed by atoms with Gasteiger partial charge in [0.05, 0.1) is 12.6 Å².